The molecule has 2 rings (SSSR count). The first kappa shape index (κ1) is 16.2. The molecular formula is C13H24N6OS. The SMILES string of the molecule is CCC(CC)NC(=O)CSc1nnnn1CCNC1CC1. The van der Waals surface area contributed by atoms with Gasteiger partial charge in [0.2, 0.25) is 11.1 Å². The van der Waals surface area contributed by atoms with Gasteiger partial charge in [-0.05, 0) is 36.1 Å². The minimum atomic E-state index is 0.0411. The van der Waals surface area contributed by atoms with Crippen LogP contribution in [0.3, 0.4) is 0 Å². The summed E-state index contributed by atoms with van der Waals surface area (Å²) < 4.78 is 1.75. The first-order valence-electron chi connectivity index (χ1n) is 7.64. The molecule has 21 heavy (non-hydrogen) atoms. The Morgan fingerprint density at radius 2 is 2.19 bits per heavy atom. The topological polar surface area (TPSA) is 84.7 Å². The molecule has 1 heterocycles. The van der Waals surface area contributed by atoms with Crippen molar-refractivity contribution < 1.29 is 4.79 Å². The van der Waals surface area contributed by atoms with E-state index in [0.29, 0.717) is 17.0 Å². The molecule has 1 amide bonds. The highest BCUT2D eigenvalue weighted by molar-refractivity contribution is 7.99. The largest absolute Gasteiger partial charge is 0.353 e. The van der Waals surface area contributed by atoms with Crippen molar-refractivity contribution in [3.05, 3.63) is 0 Å². The van der Waals surface area contributed by atoms with Crippen molar-refractivity contribution >= 4 is 17.7 Å². The van der Waals surface area contributed by atoms with E-state index in [9.17, 15) is 4.79 Å². The second-order valence-corrected chi connectivity index (χ2v) is 6.23. The van der Waals surface area contributed by atoms with E-state index >= 15 is 0 Å². The highest BCUT2D eigenvalue weighted by atomic mass is 32.2. The van der Waals surface area contributed by atoms with Crippen LogP contribution in [0.5, 0.6) is 0 Å². The molecule has 1 aliphatic carbocycles. The van der Waals surface area contributed by atoms with Gasteiger partial charge in [-0.2, -0.15) is 0 Å². The van der Waals surface area contributed by atoms with Crippen LogP contribution in [0.4, 0.5) is 0 Å². The second-order valence-electron chi connectivity index (χ2n) is 5.28. The Kier molecular flexibility index (Phi) is 6.44. The highest BCUT2D eigenvalue weighted by Gasteiger charge is 2.20. The number of hydrogen-bond donors (Lipinski definition) is 2. The summed E-state index contributed by atoms with van der Waals surface area (Å²) in [7, 11) is 0. The predicted molar refractivity (Wildman–Crippen MR) is 82.1 cm³/mol. The molecule has 0 aliphatic heterocycles. The van der Waals surface area contributed by atoms with E-state index in [1.807, 2.05) is 0 Å². The average molecular weight is 312 g/mol. The van der Waals surface area contributed by atoms with Gasteiger partial charge < -0.3 is 10.6 Å². The fraction of sp³-hybridized carbons (Fsp3) is 0.846. The molecule has 1 aromatic rings. The summed E-state index contributed by atoms with van der Waals surface area (Å²) in [5.41, 5.74) is 0. The van der Waals surface area contributed by atoms with E-state index in [1.165, 1.54) is 24.6 Å². The summed E-state index contributed by atoms with van der Waals surface area (Å²) in [4.78, 5) is 11.9. The number of hydrogen-bond acceptors (Lipinski definition) is 6. The Morgan fingerprint density at radius 1 is 1.43 bits per heavy atom. The Bertz CT molecular complexity index is 444. The lowest BCUT2D eigenvalue weighted by molar-refractivity contribution is -0.119. The fourth-order valence-corrected chi connectivity index (χ4v) is 2.71. The van der Waals surface area contributed by atoms with Crippen LogP contribution in [0, 0.1) is 0 Å². The van der Waals surface area contributed by atoms with Crippen LogP contribution < -0.4 is 10.6 Å². The molecule has 1 saturated carbocycles. The lowest BCUT2D eigenvalue weighted by Gasteiger charge is -2.14. The van der Waals surface area contributed by atoms with Gasteiger partial charge >= 0.3 is 0 Å². The van der Waals surface area contributed by atoms with E-state index in [4.69, 9.17) is 0 Å². The molecule has 0 bridgehead atoms. The Balaban J connectivity index is 1.71. The van der Waals surface area contributed by atoms with E-state index < -0.39 is 0 Å². The second kappa shape index (κ2) is 8.33. The zero-order valence-electron chi connectivity index (χ0n) is 12.7. The molecule has 1 aromatic heterocycles. The third-order valence-electron chi connectivity index (χ3n) is 3.52. The van der Waals surface area contributed by atoms with Gasteiger partial charge in [0.1, 0.15) is 0 Å². The van der Waals surface area contributed by atoms with E-state index in [0.717, 1.165) is 25.9 Å². The summed E-state index contributed by atoms with van der Waals surface area (Å²) in [5, 5.41) is 18.8. The van der Waals surface area contributed by atoms with E-state index in [-0.39, 0.29) is 11.9 Å². The maximum atomic E-state index is 11.9. The van der Waals surface area contributed by atoms with Crippen molar-refractivity contribution in [2.75, 3.05) is 12.3 Å². The number of nitrogens with zero attached hydrogens (tertiary/aromatic N) is 4. The lowest BCUT2D eigenvalue weighted by Crippen LogP contribution is -2.35. The number of thioether (sulfide) groups is 1. The molecular weight excluding hydrogens is 288 g/mol. The molecule has 0 radical (unpaired) electrons. The van der Waals surface area contributed by atoms with Gasteiger partial charge in [0.15, 0.2) is 0 Å². The third-order valence-corrected chi connectivity index (χ3v) is 4.47. The van der Waals surface area contributed by atoms with Gasteiger partial charge in [0.05, 0.1) is 12.3 Å². The Morgan fingerprint density at radius 3 is 2.86 bits per heavy atom. The van der Waals surface area contributed by atoms with Crippen LogP contribution in [-0.2, 0) is 11.3 Å². The van der Waals surface area contributed by atoms with Crippen molar-refractivity contribution in [2.24, 2.45) is 0 Å². The number of nitrogens with one attached hydrogen (secondary N) is 2. The minimum absolute atomic E-state index is 0.0411. The molecule has 0 aromatic carbocycles. The van der Waals surface area contributed by atoms with Crippen LogP contribution in [0.2, 0.25) is 0 Å². The smallest absolute Gasteiger partial charge is 0.230 e. The number of aromatic nitrogens is 4. The number of carbonyl (C=O) groups is 1. The highest BCUT2D eigenvalue weighted by Crippen LogP contribution is 2.18. The van der Waals surface area contributed by atoms with Gasteiger partial charge in [-0.1, -0.05) is 25.6 Å². The monoisotopic (exact) mass is 312 g/mol. The first-order valence-corrected chi connectivity index (χ1v) is 8.63. The zero-order chi connectivity index (χ0) is 15.1. The molecule has 1 fully saturated rings. The molecule has 8 heteroatoms. The summed E-state index contributed by atoms with van der Waals surface area (Å²) in [5.74, 6) is 0.395. The van der Waals surface area contributed by atoms with Crippen LogP contribution >= 0.6 is 11.8 Å². The normalized spacial score (nSPS) is 14.6. The maximum absolute atomic E-state index is 11.9. The Hall–Kier alpha value is -1.15. The molecule has 2 N–H and O–H groups in total. The quantitative estimate of drug-likeness (QED) is 0.622. The van der Waals surface area contributed by atoms with Gasteiger partial charge in [-0.25, -0.2) is 4.68 Å². The number of tetrazole rings is 1. The maximum Gasteiger partial charge on any atom is 0.230 e. The standard InChI is InChI=1S/C13H24N6OS/c1-3-10(4-2)15-12(20)9-21-13-16-17-18-19(13)8-7-14-11-5-6-11/h10-11,14H,3-9H2,1-2H3,(H,15,20). The third kappa shape index (κ3) is 5.62. The average Bonchev–Trinajstić information content (AvgIpc) is 3.20. The fourth-order valence-electron chi connectivity index (χ4n) is 1.99. The van der Waals surface area contributed by atoms with E-state index in [2.05, 4.69) is 40.0 Å². The van der Waals surface area contributed by atoms with Crippen molar-refractivity contribution in [3.8, 4) is 0 Å². The summed E-state index contributed by atoms with van der Waals surface area (Å²) in [6.45, 7) is 5.76. The first-order chi connectivity index (χ1) is 10.2. The molecule has 118 valence electrons. The van der Waals surface area contributed by atoms with Gasteiger partial charge in [0, 0.05) is 18.6 Å². The predicted octanol–water partition coefficient (Wildman–Crippen LogP) is 0.822. The summed E-state index contributed by atoms with van der Waals surface area (Å²) >= 11 is 1.39. The lowest BCUT2D eigenvalue weighted by atomic mass is 10.2. The van der Waals surface area contributed by atoms with Crippen LogP contribution in [-0.4, -0.2) is 50.5 Å². The van der Waals surface area contributed by atoms with Crippen molar-refractivity contribution in [1.29, 1.82) is 0 Å². The summed E-state index contributed by atoms with van der Waals surface area (Å²) in [6, 6.07) is 0.945. The molecule has 0 spiro atoms. The van der Waals surface area contributed by atoms with Gasteiger partial charge in [-0.15, -0.1) is 5.10 Å². The number of carbonyl (C=O) groups excluding carboxylic acids is 1. The van der Waals surface area contributed by atoms with Crippen molar-refractivity contribution in [2.45, 2.75) is 63.3 Å². The van der Waals surface area contributed by atoms with Crippen LogP contribution in [0.25, 0.3) is 0 Å². The number of rotatable bonds is 10. The Labute approximate surface area is 129 Å². The van der Waals surface area contributed by atoms with Crippen molar-refractivity contribution in [1.82, 2.24) is 30.8 Å². The molecule has 0 unspecified atom stereocenters. The molecule has 0 saturated heterocycles. The van der Waals surface area contributed by atoms with Crippen molar-refractivity contribution in [3.63, 3.8) is 0 Å². The summed E-state index contributed by atoms with van der Waals surface area (Å²) in [6.07, 6.45) is 4.45. The number of amides is 1. The molecule has 7 nitrogen and oxygen atoms in total. The van der Waals surface area contributed by atoms with Crippen LogP contribution in [0.15, 0.2) is 5.16 Å². The van der Waals surface area contributed by atoms with Gasteiger partial charge in [-0.3, -0.25) is 4.79 Å². The zero-order valence-corrected chi connectivity index (χ0v) is 13.5. The minimum Gasteiger partial charge on any atom is -0.353 e. The van der Waals surface area contributed by atoms with Crippen LogP contribution in [0.1, 0.15) is 39.5 Å². The van der Waals surface area contributed by atoms with Gasteiger partial charge in [0.25, 0.3) is 0 Å². The van der Waals surface area contributed by atoms with E-state index in [1.54, 1.807) is 4.68 Å². The molecule has 1 aliphatic rings. The molecule has 0 atom stereocenters.